The van der Waals surface area contributed by atoms with Gasteiger partial charge in [-0.1, -0.05) is 11.9 Å². The molecule has 0 spiro atoms. The number of carboxylic acids is 1. The van der Waals surface area contributed by atoms with Crippen LogP contribution in [0.1, 0.15) is 25.7 Å². The number of unbranched alkanes of at least 4 members (excludes halogenated alkanes) is 1. The van der Waals surface area contributed by atoms with Crippen LogP contribution in [-0.4, -0.2) is 45.1 Å². The van der Waals surface area contributed by atoms with Gasteiger partial charge in [-0.05, 0) is 17.4 Å². The van der Waals surface area contributed by atoms with Crippen molar-refractivity contribution in [2.75, 3.05) is 5.75 Å². The van der Waals surface area contributed by atoms with Crippen molar-refractivity contribution in [3.63, 3.8) is 0 Å². The third-order valence-electron chi connectivity index (χ3n) is 3.07. The molecule has 2 fully saturated rings. The van der Waals surface area contributed by atoms with Gasteiger partial charge in [0.25, 0.3) is 0 Å². The summed E-state index contributed by atoms with van der Waals surface area (Å²) >= 11 is 1.87. The highest BCUT2D eigenvalue weighted by atomic mass is 32.2. The van der Waals surface area contributed by atoms with Crippen LogP contribution in [0.2, 0.25) is 0 Å². The molecule has 0 saturated carbocycles. The van der Waals surface area contributed by atoms with Crippen molar-refractivity contribution in [3.8, 4) is 0 Å². The molecule has 2 saturated heterocycles. The zero-order chi connectivity index (χ0) is 15.1. The molecule has 6 N–H and O–H groups in total. The molecule has 4 atom stereocenters. The second kappa shape index (κ2) is 8.41. The van der Waals surface area contributed by atoms with Crippen LogP contribution >= 0.6 is 19.9 Å². The highest BCUT2D eigenvalue weighted by Crippen LogP contribution is 2.33. The first-order valence-corrected chi connectivity index (χ1v) is 8.54. The van der Waals surface area contributed by atoms with E-state index in [0.717, 1.165) is 25.0 Å². The summed E-state index contributed by atoms with van der Waals surface area (Å²) in [5, 5.41) is 14.8. The number of nitrogens with one attached hydrogen (secondary N) is 2. The minimum Gasteiger partial charge on any atom is -0.481 e. The monoisotopic (exact) mass is 324 g/mol. The van der Waals surface area contributed by atoms with Crippen molar-refractivity contribution in [1.29, 1.82) is 0 Å². The fourth-order valence-corrected chi connectivity index (χ4v) is 3.81. The lowest BCUT2D eigenvalue weighted by Gasteiger charge is -2.16. The van der Waals surface area contributed by atoms with E-state index in [1.165, 1.54) is 0 Å². The van der Waals surface area contributed by atoms with Crippen LogP contribution in [0.3, 0.4) is 0 Å². The topological polar surface area (TPSA) is 142 Å². The molecular weight excluding hydrogens is 305 g/mol. The lowest BCUT2D eigenvalue weighted by molar-refractivity contribution is -0.137. The molecule has 8 nitrogen and oxygen atoms in total. The molecule has 0 aromatic carbocycles. The zero-order valence-corrected chi connectivity index (χ0v) is 12.5. The Kier molecular flexibility index (Phi) is 7.22. The summed E-state index contributed by atoms with van der Waals surface area (Å²) in [5.74, 6) is 0.236. The molecule has 0 radical (unpaired) electrons. The SMILES string of the molecule is N[P+](=O)O.O=C(O)CCCC[C@@H]1SC[C@@H]2NC(=O)N[C@@H]21. The number of carbonyl (C=O) groups excluding carboxylic acids is 1. The molecule has 0 aromatic heterocycles. The number of carboxylic acid groups (broad SMARTS) is 1. The van der Waals surface area contributed by atoms with Crippen molar-refractivity contribution >= 4 is 31.9 Å². The van der Waals surface area contributed by atoms with Gasteiger partial charge < -0.3 is 15.7 Å². The van der Waals surface area contributed by atoms with Gasteiger partial charge in [0, 0.05) is 17.4 Å². The highest BCUT2D eigenvalue weighted by Gasteiger charge is 2.42. The first-order valence-electron chi connectivity index (χ1n) is 6.21. The number of hydrogen-bond acceptors (Lipinski definition) is 4. The zero-order valence-electron chi connectivity index (χ0n) is 10.8. The van der Waals surface area contributed by atoms with E-state index >= 15 is 0 Å². The lowest BCUT2D eigenvalue weighted by Crippen LogP contribution is -2.36. The maximum Gasteiger partial charge on any atom is 0.607 e. The predicted molar refractivity (Wildman–Crippen MR) is 75.6 cm³/mol. The molecule has 0 aliphatic carbocycles. The minimum atomic E-state index is -2.37. The van der Waals surface area contributed by atoms with E-state index in [0.29, 0.717) is 5.25 Å². The molecule has 2 amide bonds. The number of aliphatic carboxylic acids is 1. The van der Waals surface area contributed by atoms with Crippen molar-refractivity contribution in [3.05, 3.63) is 0 Å². The van der Waals surface area contributed by atoms with Gasteiger partial charge in [0.2, 0.25) is 0 Å². The summed E-state index contributed by atoms with van der Waals surface area (Å²) in [6.45, 7) is 0. The predicted octanol–water partition coefficient (Wildman–Crippen LogP) is 0.392. The summed E-state index contributed by atoms with van der Waals surface area (Å²) in [6, 6.07) is 0.440. The Morgan fingerprint density at radius 1 is 1.45 bits per heavy atom. The number of fused-ring (bicyclic) bond motifs is 1. The highest BCUT2D eigenvalue weighted by molar-refractivity contribution is 8.00. The average molecular weight is 324 g/mol. The molecule has 2 aliphatic rings. The maximum absolute atomic E-state index is 11.1. The van der Waals surface area contributed by atoms with Crippen LogP contribution in [0.5, 0.6) is 0 Å². The van der Waals surface area contributed by atoms with E-state index in [-0.39, 0.29) is 24.5 Å². The van der Waals surface area contributed by atoms with E-state index in [9.17, 15) is 9.59 Å². The van der Waals surface area contributed by atoms with E-state index in [1.807, 2.05) is 11.8 Å². The van der Waals surface area contributed by atoms with Crippen LogP contribution < -0.4 is 16.1 Å². The van der Waals surface area contributed by atoms with Crippen molar-refractivity contribution in [1.82, 2.24) is 10.6 Å². The Hall–Kier alpha value is -0.890. The largest absolute Gasteiger partial charge is 0.607 e. The van der Waals surface area contributed by atoms with Gasteiger partial charge in [-0.25, -0.2) is 4.79 Å². The number of rotatable bonds is 5. The molecule has 0 bridgehead atoms. The molecule has 114 valence electrons. The Morgan fingerprint density at radius 3 is 2.70 bits per heavy atom. The van der Waals surface area contributed by atoms with Gasteiger partial charge in [-0.2, -0.15) is 11.8 Å². The second-order valence-electron chi connectivity index (χ2n) is 4.56. The third kappa shape index (κ3) is 6.04. The van der Waals surface area contributed by atoms with Gasteiger partial charge in [0.15, 0.2) is 0 Å². The fourth-order valence-electron chi connectivity index (χ4n) is 2.26. The number of amides is 2. The van der Waals surface area contributed by atoms with Gasteiger partial charge in [-0.3, -0.25) is 4.79 Å². The van der Waals surface area contributed by atoms with Crippen molar-refractivity contribution in [2.45, 2.75) is 43.0 Å². The molecule has 2 heterocycles. The fraction of sp³-hybridized carbons (Fsp3) is 0.800. The number of carbonyl (C=O) groups is 2. The molecule has 10 heteroatoms. The molecule has 2 rings (SSSR count). The molecule has 1 unspecified atom stereocenters. The number of thioether (sulfide) groups is 1. The Balaban J connectivity index is 0.000000444. The van der Waals surface area contributed by atoms with Crippen LogP contribution in [-0.2, 0) is 9.36 Å². The maximum atomic E-state index is 11.1. The Morgan fingerprint density at radius 2 is 2.10 bits per heavy atom. The standard InChI is InChI=1S/C10H16N2O3S.H2NO2P/c13-8(14)4-2-1-3-7-9-6(5-16-7)11-10(15)12-9;1-4(2)3/h6-7,9H,1-5H2,(H,13,14)(H2,11,12,15);(H2-,1,2,3)/p+1/t6-,7-,9-;/m0./s1. The van der Waals surface area contributed by atoms with E-state index in [4.69, 9.17) is 14.6 Å². The van der Waals surface area contributed by atoms with Crippen molar-refractivity contribution in [2.24, 2.45) is 5.50 Å². The molecule has 2 aliphatic heterocycles. The smallest absolute Gasteiger partial charge is 0.481 e. The van der Waals surface area contributed by atoms with Crippen LogP contribution in [0.25, 0.3) is 0 Å². The average Bonchev–Trinajstić information content (AvgIpc) is 2.83. The summed E-state index contributed by atoms with van der Waals surface area (Å²) in [5.41, 5.74) is 4.18. The number of urea groups is 1. The van der Waals surface area contributed by atoms with E-state index < -0.39 is 14.1 Å². The Labute approximate surface area is 121 Å². The van der Waals surface area contributed by atoms with Crippen LogP contribution in [0.15, 0.2) is 0 Å². The van der Waals surface area contributed by atoms with E-state index in [1.54, 1.807) is 0 Å². The van der Waals surface area contributed by atoms with Crippen LogP contribution in [0, 0.1) is 0 Å². The van der Waals surface area contributed by atoms with Gasteiger partial charge >= 0.3 is 20.2 Å². The Bertz CT molecular complexity index is 380. The third-order valence-corrected chi connectivity index (χ3v) is 4.58. The number of hydrogen-bond donors (Lipinski definition) is 5. The summed E-state index contributed by atoms with van der Waals surface area (Å²) in [6.07, 6.45) is 2.88. The normalized spacial score (nSPS) is 27.8. The van der Waals surface area contributed by atoms with Crippen LogP contribution in [0.4, 0.5) is 4.79 Å². The molecule has 0 aromatic rings. The molecular formula is C10H19N3O5PS+. The summed E-state index contributed by atoms with van der Waals surface area (Å²) in [4.78, 5) is 28.8. The second-order valence-corrected chi connectivity index (χ2v) is 6.44. The molecule has 20 heavy (non-hydrogen) atoms. The van der Waals surface area contributed by atoms with E-state index in [2.05, 4.69) is 16.1 Å². The van der Waals surface area contributed by atoms with Gasteiger partial charge in [0.05, 0.1) is 12.1 Å². The first-order chi connectivity index (χ1) is 9.40. The van der Waals surface area contributed by atoms with Gasteiger partial charge in [0.1, 0.15) is 0 Å². The summed E-state index contributed by atoms with van der Waals surface area (Å²) in [7, 11) is -2.37. The lowest BCUT2D eigenvalue weighted by atomic mass is 10.0. The van der Waals surface area contributed by atoms with Crippen molar-refractivity contribution < 1.29 is 24.2 Å². The first kappa shape index (κ1) is 17.2. The summed E-state index contributed by atoms with van der Waals surface area (Å²) < 4.78 is 8.93. The quantitative estimate of drug-likeness (QED) is 0.280. The van der Waals surface area contributed by atoms with Gasteiger partial charge in [-0.15, -0.1) is 4.89 Å². The number of nitrogens with two attached hydrogens (primary N) is 1. The minimum absolute atomic E-state index is 0.0640.